The van der Waals surface area contributed by atoms with Gasteiger partial charge in [-0.1, -0.05) is 0 Å². The summed E-state index contributed by atoms with van der Waals surface area (Å²) in [6, 6.07) is 5.07. The molecule has 1 atom stereocenters. The average Bonchev–Trinajstić information content (AvgIpc) is 3.19. The summed E-state index contributed by atoms with van der Waals surface area (Å²) in [7, 11) is 3.03. The number of hydrogen-bond acceptors (Lipinski definition) is 6. The molecule has 0 spiro atoms. The molecule has 1 aromatic carbocycles. The Morgan fingerprint density at radius 3 is 2.33 bits per heavy atom. The standard InChI is InChI=1S/C18H23F3N4O3S.HI/c1-4-22-17(24-9-16-25-15(10-29-16)18(19,20)21)23-8-14(26)11-5-12(27-2)7-13(6-11)28-3;/h5-7,10,14,26H,4,8-9H2,1-3H3,(H2,22,23,24);1H. The van der Waals surface area contributed by atoms with Gasteiger partial charge in [0.2, 0.25) is 0 Å². The Kier molecular flexibility index (Phi) is 10.6. The minimum atomic E-state index is -4.47. The third-order valence-corrected chi connectivity index (χ3v) is 4.61. The third kappa shape index (κ3) is 7.80. The van der Waals surface area contributed by atoms with Crippen molar-refractivity contribution in [3.63, 3.8) is 0 Å². The minimum Gasteiger partial charge on any atom is -0.497 e. The van der Waals surface area contributed by atoms with E-state index in [9.17, 15) is 18.3 Å². The van der Waals surface area contributed by atoms with Crippen molar-refractivity contribution in [2.45, 2.75) is 25.7 Å². The molecule has 30 heavy (non-hydrogen) atoms. The van der Waals surface area contributed by atoms with Gasteiger partial charge in [-0.3, -0.25) is 0 Å². The van der Waals surface area contributed by atoms with Crippen molar-refractivity contribution in [1.82, 2.24) is 15.6 Å². The first-order chi connectivity index (χ1) is 13.8. The zero-order valence-electron chi connectivity index (χ0n) is 16.6. The predicted octanol–water partition coefficient (Wildman–Crippen LogP) is 3.59. The van der Waals surface area contributed by atoms with Crippen molar-refractivity contribution >= 4 is 41.3 Å². The minimum absolute atomic E-state index is 0. The van der Waals surface area contributed by atoms with Crippen LogP contribution in [-0.2, 0) is 12.7 Å². The maximum Gasteiger partial charge on any atom is 0.434 e. The molecule has 0 amide bonds. The second-order valence-electron chi connectivity index (χ2n) is 5.86. The lowest BCUT2D eigenvalue weighted by atomic mass is 10.1. The fourth-order valence-electron chi connectivity index (χ4n) is 2.34. The summed E-state index contributed by atoms with van der Waals surface area (Å²) < 4.78 is 48.3. The van der Waals surface area contributed by atoms with E-state index in [2.05, 4.69) is 20.6 Å². The molecule has 0 aliphatic carbocycles. The number of methoxy groups -OCH3 is 2. The van der Waals surface area contributed by atoms with E-state index in [-0.39, 0.29) is 42.1 Å². The maximum absolute atomic E-state index is 12.6. The number of rotatable bonds is 8. The lowest BCUT2D eigenvalue weighted by Gasteiger charge is -2.17. The molecule has 0 fully saturated rings. The summed E-state index contributed by atoms with van der Waals surface area (Å²) in [6.07, 6.45) is -5.36. The first kappa shape index (κ1) is 26.2. The number of ether oxygens (including phenoxy) is 2. The number of benzene rings is 1. The first-order valence-corrected chi connectivity index (χ1v) is 9.59. The van der Waals surface area contributed by atoms with Gasteiger partial charge in [-0.05, 0) is 24.6 Å². The van der Waals surface area contributed by atoms with E-state index in [1.165, 1.54) is 14.2 Å². The van der Waals surface area contributed by atoms with Gasteiger partial charge in [-0.2, -0.15) is 13.2 Å². The molecule has 2 aromatic rings. The number of nitrogens with zero attached hydrogens (tertiary/aromatic N) is 2. The van der Waals surface area contributed by atoms with Gasteiger partial charge >= 0.3 is 6.18 Å². The van der Waals surface area contributed by atoms with Gasteiger partial charge in [-0.15, -0.1) is 35.3 Å². The number of hydrogen-bond donors (Lipinski definition) is 3. The van der Waals surface area contributed by atoms with E-state index in [0.29, 0.717) is 29.6 Å². The van der Waals surface area contributed by atoms with Crippen LogP contribution in [0.15, 0.2) is 28.6 Å². The van der Waals surface area contributed by atoms with E-state index >= 15 is 0 Å². The van der Waals surface area contributed by atoms with Gasteiger partial charge in [0.15, 0.2) is 11.7 Å². The Bertz CT molecular complexity index is 811. The van der Waals surface area contributed by atoms with Crippen molar-refractivity contribution in [3.8, 4) is 11.5 Å². The second-order valence-corrected chi connectivity index (χ2v) is 6.80. The Labute approximate surface area is 193 Å². The van der Waals surface area contributed by atoms with Crippen LogP contribution < -0.4 is 20.1 Å². The Morgan fingerprint density at radius 1 is 1.20 bits per heavy atom. The molecule has 168 valence electrons. The van der Waals surface area contributed by atoms with Crippen LogP contribution in [0, 0.1) is 0 Å². The number of aliphatic hydroxyl groups is 1. The van der Waals surface area contributed by atoms with Crippen molar-refractivity contribution in [3.05, 3.63) is 39.8 Å². The first-order valence-electron chi connectivity index (χ1n) is 8.71. The number of aliphatic hydroxyl groups excluding tert-OH is 1. The number of nitrogens with one attached hydrogen (secondary N) is 2. The average molecular weight is 560 g/mol. The van der Waals surface area contributed by atoms with Gasteiger partial charge in [-0.25, -0.2) is 9.98 Å². The van der Waals surface area contributed by atoms with Crippen LogP contribution in [0.1, 0.15) is 29.3 Å². The number of aliphatic imine (C=N–C) groups is 1. The highest BCUT2D eigenvalue weighted by molar-refractivity contribution is 14.0. The molecule has 12 heteroatoms. The fourth-order valence-corrected chi connectivity index (χ4v) is 3.06. The SMILES string of the molecule is CCNC(=NCc1nc(C(F)(F)F)cs1)NCC(O)c1cc(OC)cc(OC)c1.I. The number of guanidine groups is 1. The zero-order chi connectivity index (χ0) is 21.4. The summed E-state index contributed by atoms with van der Waals surface area (Å²) in [5, 5.41) is 17.6. The van der Waals surface area contributed by atoms with Crippen LogP contribution in [0.5, 0.6) is 11.5 Å². The molecule has 1 aromatic heterocycles. The summed E-state index contributed by atoms with van der Waals surface area (Å²) in [5.41, 5.74) is -0.340. The lowest BCUT2D eigenvalue weighted by molar-refractivity contribution is -0.140. The second kappa shape index (κ2) is 12.2. The van der Waals surface area contributed by atoms with E-state index in [1.54, 1.807) is 18.2 Å². The number of aromatic nitrogens is 1. The highest BCUT2D eigenvalue weighted by atomic mass is 127. The number of alkyl halides is 3. The highest BCUT2D eigenvalue weighted by Gasteiger charge is 2.33. The molecule has 7 nitrogen and oxygen atoms in total. The molecule has 2 rings (SSSR count). The molecule has 1 unspecified atom stereocenters. The molecule has 0 bridgehead atoms. The smallest absolute Gasteiger partial charge is 0.434 e. The van der Waals surface area contributed by atoms with Crippen LogP contribution in [0.3, 0.4) is 0 Å². The Hall–Kier alpha value is -1.80. The van der Waals surface area contributed by atoms with Gasteiger partial charge < -0.3 is 25.2 Å². The topological polar surface area (TPSA) is 88.0 Å². The fraction of sp³-hybridized carbons (Fsp3) is 0.444. The number of thiazole rings is 1. The monoisotopic (exact) mass is 560 g/mol. The number of halogens is 4. The molecular formula is C18H24F3IN4O3S. The van der Waals surface area contributed by atoms with E-state index in [4.69, 9.17) is 9.47 Å². The summed E-state index contributed by atoms with van der Waals surface area (Å²) in [6.45, 7) is 2.50. The van der Waals surface area contributed by atoms with E-state index in [1.807, 2.05) is 6.92 Å². The molecule has 3 N–H and O–H groups in total. The van der Waals surface area contributed by atoms with Crippen molar-refractivity contribution < 1.29 is 27.8 Å². The molecule has 0 aliphatic heterocycles. The molecule has 1 heterocycles. The van der Waals surface area contributed by atoms with Crippen molar-refractivity contribution in [1.29, 1.82) is 0 Å². The lowest BCUT2D eigenvalue weighted by Crippen LogP contribution is -2.39. The van der Waals surface area contributed by atoms with Crippen LogP contribution in [0.2, 0.25) is 0 Å². The predicted molar refractivity (Wildman–Crippen MR) is 120 cm³/mol. The van der Waals surface area contributed by atoms with Crippen LogP contribution in [0.25, 0.3) is 0 Å². The van der Waals surface area contributed by atoms with Crippen LogP contribution in [-0.4, -0.2) is 43.4 Å². The molecule has 0 saturated heterocycles. The Balaban J connectivity index is 0.00000450. The van der Waals surface area contributed by atoms with Gasteiger partial charge in [0.25, 0.3) is 0 Å². The third-order valence-electron chi connectivity index (χ3n) is 3.78. The van der Waals surface area contributed by atoms with Crippen LogP contribution in [0.4, 0.5) is 13.2 Å². The molecule has 0 saturated carbocycles. The quantitative estimate of drug-likeness (QED) is 0.260. The molecule has 0 radical (unpaired) electrons. The summed E-state index contributed by atoms with van der Waals surface area (Å²) in [4.78, 5) is 7.78. The zero-order valence-corrected chi connectivity index (χ0v) is 19.8. The largest absolute Gasteiger partial charge is 0.497 e. The Morgan fingerprint density at radius 2 is 1.83 bits per heavy atom. The normalized spacial score (nSPS) is 12.7. The molecular weight excluding hydrogens is 536 g/mol. The summed E-state index contributed by atoms with van der Waals surface area (Å²) in [5.74, 6) is 1.44. The molecule has 0 aliphatic rings. The van der Waals surface area contributed by atoms with Gasteiger partial charge in [0.05, 0.1) is 26.9 Å². The van der Waals surface area contributed by atoms with Crippen molar-refractivity contribution in [2.24, 2.45) is 4.99 Å². The van der Waals surface area contributed by atoms with Crippen LogP contribution >= 0.6 is 35.3 Å². The van der Waals surface area contributed by atoms with E-state index in [0.717, 1.165) is 16.7 Å². The van der Waals surface area contributed by atoms with Gasteiger partial charge in [0, 0.05) is 24.5 Å². The van der Waals surface area contributed by atoms with Gasteiger partial charge in [0.1, 0.15) is 16.5 Å². The maximum atomic E-state index is 12.6. The van der Waals surface area contributed by atoms with Crippen molar-refractivity contribution in [2.75, 3.05) is 27.3 Å². The highest BCUT2D eigenvalue weighted by Crippen LogP contribution is 2.30. The summed E-state index contributed by atoms with van der Waals surface area (Å²) >= 11 is 0.895. The van der Waals surface area contributed by atoms with E-state index < -0.39 is 18.0 Å².